The van der Waals surface area contributed by atoms with E-state index in [2.05, 4.69) is 26.1 Å². The van der Waals surface area contributed by atoms with E-state index in [4.69, 9.17) is 0 Å². The maximum Gasteiger partial charge on any atom is 0.441 e. The van der Waals surface area contributed by atoms with Gasteiger partial charge in [0.1, 0.15) is 0 Å². The monoisotopic (exact) mass is 271 g/mol. The molecule has 0 aromatic heterocycles. The smallest absolute Gasteiger partial charge is 0.312 e. The third-order valence-corrected chi connectivity index (χ3v) is 3.61. The van der Waals surface area contributed by atoms with Gasteiger partial charge in [-0.1, -0.05) is 25.6 Å². The fourth-order valence-electron chi connectivity index (χ4n) is 1.28. The van der Waals surface area contributed by atoms with Crippen molar-refractivity contribution in [2.75, 3.05) is 12.3 Å². The molecule has 1 unspecified atom stereocenters. The summed E-state index contributed by atoms with van der Waals surface area (Å²) in [6.45, 7) is 11.0. The lowest BCUT2D eigenvalue weighted by atomic mass is 9.84. The lowest BCUT2D eigenvalue weighted by Gasteiger charge is -2.33. The minimum absolute atomic E-state index is 0.00754. The van der Waals surface area contributed by atoms with Crippen molar-refractivity contribution < 1.29 is 13.2 Å². The van der Waals surface area contributed by atoms with Crippen LogP contribution in [-0.2, 0) is 0 Å². The van der Waals surface area contributed by atoms with Crippen LogP contribution in [0.25, 0.3) is 0 Å². The second kappa shape index (κ2) is 6.32. The second-order valence-electron chi connectivity index (χ2n) is 5.81. The summed E-state index contributed by atoms with van der Waals surface area (Å²) in [6.07, 6.45) is 1.46. The summed E-state index contributed by atoms with van der Waals surface area (Å²) in [4.78, 5) is 0. The SMILES string of the molecule is CCC(C)(CCSC(F)(F)F)CNC(C)(C)C. The molecule has 0 bridgehead atoms. The molecule has 0 spiro atoms. The number of alkyl halides is 3. The molecule has 0 heterocycles. The van der Waals surface area contributed by atoms with Crippen LogP contribution in [0.5, 0.6) is 0 Å². The van der Waals surface area contributed by atoms with Crippen LogP contribution >= 0.6 is 11.8 Å². The molecule has 104 valence electrons. The Balaban J connectivity index is 4.10. The average Bonchev–Trinajstić information content (AvgIpc) is 2.12. The van der Waals surface area contributed by atoms with Crippen molar-refractivity contribution in [2.24, 2.45) is 5.41 Å². The van der Waals surface area contributed by atoms with Crippen LogP contribution in [0, 0.1) is 5.41 Å². The van der Waals surface area contributed by atoms with Gasteiger partial charge in [0.25, 0.3) is 0 Å². The fourth-order valence-corrected chi connectivity index (χ4v) is 2.11. The lowest BCUT2D eigenvalue weighted by Crippen LogP contribution is -2.43. The first-order valence-electron chi connectivity index (χ1n) is 5.93. The average molecular weight is 271 g/mol. The van der Waals surface area contributed by atoms with Gasteiger partial charge < -0.3 is 5.32 Å². The molecule has 0 saturated heterocycles. The second-order valence-corrected chi connectivity index (χ2v) is 6.97. The zero-order chi connectivity index (χ0) is 13.7. The van der Waals surface area contributed by atoms with E-state index in [-0.39, 0.29) is 28.5 Å². The highest BCUT2D eigenvalue weighted by Crippen LogP contribution is 2.34. The van der Waals surface area contributed by atoms with Crippen molar-refractivity contribution in [1.29, 1.82) is 0 Å². The minimum Gasteiger partial charge on any atom is -0.312 e. The van der Waals surface area contributed by atoms with E-state index in [9.17, 15) is 13.2 Å². The molecule has 0 saturated carbocycles. The standard InChI is InChI=1S/C12H24F3NS/c1-6-11(5,9-16-10(2,3)4)7-8-17-12(13,14)15/h16H,6-9H2,1-5H3. The third kappa shape index (κ3) is 9.77. The Labute approximate surface area is 107 Å². The van der Waals surface area contributed by atoms with Crippen LogP contribution in [0.1, 0.15) is 47.5 Å². The zero-order valence-corrected chi connectivity index (χ0v) is 12.2. The zero-order valence-electron chi connectivity index (χ0n) is 11.4. The topological polar surface area (TPSA) is 12.0 Å². The van der Waals surface area contributed by atoms with Crippen LogP contribution in [0.4, 0.5) is 13.2 Å². The third-order valence-electron chi connectivity index (χ3n) is 2.87. The van der Waals surface area contributed by atoms with Crippen LogP contribution in [0.3, 0.4) is 0 Å². The number of hydrogen-bond acceptors (Lipinski definition) is 2. The van der Waals surface area contributed by atoms with Gasteiger partial charge in [0.15, 0.2) is 0 Å². The molecule has 0 aromatic carbocycles. The van der Waals surface area contributed by atoms with Crippen molar-refractivity contribution in [3.8, 4) is 0 Å². The Morgan fingerprint density at radius 1 is 1.06 bits per heavy atom. The number of thioether (sulfide) groups is 1. The van der Waals surface area contributed by atoms with Crippen LogP contribution in [0.15, 0.2) is 0 Å². The van der Waals surface area contributed by atoms with E-state index in [0.717, 1.165) is 13.0 Å². The maximum atomic E-state index is 12.1. The number of hydrogen-bond donors (Lipinski definition) is 1. The van der Waals surface area contributed by atoms with E-state index in [1.165, 1.54) is 0 Å². The van der Waals surface area contributed by atoms with Crippen molar-refractivity contribution in [3.63, 3.8) is 0 Å². The van der Waals surface area contributed by atoms with Crippen molar-refractivity contribution in [3.05, 3.63) is 0 Å². The first kappa shape index (κ1) is 17.1. The van der Waals surface area contributed by atoms with E-state index in [0.29, 0.717) is 6.42 Å². The van der Waals surface area contributed by atoms with Crippen LogP contribution < -0.4 is 5.32 Å². The van der Waals surface area contributed by atoms with E-state index in [1.54, 1.807) is 0 Å². The summed E-state index contributed by atoms with van der Waals surface area (Å²) >= 11 is 0.0814. The molecule has 17 heavy (non-hydrogen) atoms. The largest absolute Gasteiger partial charge is 0.441 e. The summed E-state index contributed by atoms with van der Waals surface area (Å²) < 4.78 is 36.2. The summed E-state index contributed by atoms with van der Waals surface area (Å²) in [5.74, 6) is 0.139. The van der Waals surface area contributed by atoms with E-state index < -0.39 is 5.51 Å². The number of nitrogens with one attached hydrogen (secondary N) is 1. The quantitative estimate of drug-likeness (QED) is 0.766. The Hall–Kier alpha value is 0.1000. The van der Waals surface area contributed by atoms with Gasteiger partial charge in [0.2, 0.25) is 0 Å². The maximum absolute atomic E-state index is 12.1. The molecule has 0 amide bonds. The summed E-state index contributed by atoms with van der Waals surface area (Å²) in [6, 6.07) is 0. The molecule has 0 aliphatic carbocycles. The molecule has 1 atom stereocenters. The van der Waals surface area contributed by atoms with Gasteiger partial charge in [0, 0.05) is 17.8 Å². The number of rotatable bonds is 6. The van der Waals surface area contributed by atoms with E-state index in [1.807, 2.05) is 13.8 Å². The Morgan fingerprint density at radius 2 is 1.59 bits per heavy atom. The van der Waals surface area contributed by atoms with Gasteiger partial charge in [-0.05, 0) is 39.0 Å². The Kier molecular flexibility index (Phi) is 6.36. The molecular formula is C12H24F3NS. The molecule has 0 fully saturated rings. The number of halogens is 3. The minimum atomic E-state index is -4.11. The molecule has 1 N–H and O–H groups in total. The predicted molar refractivity (Wildman–Crippen MR) is 69.3 cm³/mol. The van der Waals surface area contributed by atoms with Gasteiger partial charge in [-0.3, -0.25) is 0 Å². The molecule has 0 rings (SSSR count). The molecule has 5 heteroatoms. The van der Waals surface area contributed by atoms with Gasteiger partial charge in [-0.2, -0.15) is 13.2 Å². The first-order chi connectivity index (χ1) is 7.47. The highest BCUT2D eigenvalue weighted by molar-refractivity contribution is 8.00. The molecule has 0 aromatic rings. The van der Waals surface area contributed by atoms with Crippen LogP contribution in [0.2, 0.25) is 0 Å². The molecule has 0 aliphatic heterocycles. The van der Waals surface area contributed by atoms with E-state index >= 15 is 0 Å². The Morgan fingerprint density at radius 3 is 1.94 bits per heavy atom. The molecule has 0 aliphatic rings. The van der Waals surface area contributed by atoms with Gasteiger partial charge >= 0.3 is 5.51 Å². The lowest BCUT2D eigenvalue weighted by molar-refractivity contribution is -0.0329. The van der Waals surface area contributed by atoms with Gasteiger partial charge in [-0.15, -0.1) is 0 Å². The van der Waals surface area contributed by atoms with Crippen molar-refractivity contribution in [2.45, 2.75) is 58.5 Å². The molecule has 1 nitrogen and oxygen atoms in total. The predicted octanol–water partition coefficient (Wildman–Crippen LogP) is 4.43. The molecular weight excluding hydrogens is 247 g/mol. The van der Waals surface area contributed by atoms with Crippen LogP contribution in [-0.4, -0.2) is 23.3 Å². The highest BCUT2D eigenvalue weighted by atomic mass is 32.2. The highest BCUT2D eigenvalue weighted by Gasteiger charge is 2.30. The van der Waals surface area contributed by atoms with Crippen molar-refractivity contribution in [1.82, 2.24) is 5.32 Å². The fraction of sp³-hybridized carbons (Fsp3) is 1.00. The van der Waals surface area contributed by atoms with Gasteiger partial charge in [0.05, 0.1) is 0 Å². The van der Waals surface area contributed by atoms with Crippen molar-refractivity contribution >= 4 is 11.8 Å². The first-order valence-corrected chi connectivity index (χ1v) is 6.92. The summed E-state index contributed by atoms with van der Waals surface area (Å²) in [7, 11) is 0. The van der Waals surface area contributed by atoms with Gasteiger partial charge in [-0.25, -0.2) is 0 Å². The summed E-state index contributed by atoms with van der Waals surface area (Å²) in [5, 5.41) is 3.37. The normalized spacial score (nSPS) is 16.9. The summed E-state index contributed by atoms with van der Waals surface area (Å²) in [5.41, 5.74) is -4.16. The Bertz CT molecular complexity index is 223. The molecule has 0 radical (unpaired) electrons.